The van der Waals surface area contributed by atoms with E-state index in [2.05, 4.69) is 25.0 Å². The monoisotopic (exact) mass is 441 g/mol. The number of carbonyl (C=O) groups excluding carboxylic acids is 4. The zero-order chi connectivity index (χ0) is 23.8. The third-order valence-electron chi connectivity index (χ3n) is 4.06. The molecule has 0 aliphatic heterocycles. The Hall–Kier alpha value is -4.41. The molecule has 2 aromatic carbocycles. The number of hydrogen-bond donors (Lipinski definition) is 2. The van der Waals surface area contributed by atoms with Crippen LogP contribution < -0.4 is 5.32 Å². The summed E-state index contributed by atoms with van der Waals surface area (Å²) in [5.41, 5.74) is 0.0633. The van der Waals surface area contributed by atoms with Crippen LogP contribution >= 0.6 is 0 Å². The van der Waals surface area contributed by atoms with Crippen molar-refractivity contribution in [2.75, 3.05) is 19.5 Å². The number of nitrogens with one attached hydrogen (secondary N) is 1. The fourth-order valence-electron chi connectivity index (χ4n) is 2.52. The molecule has 166 valence electrons. The molecular weight excluding hydrogens is 422 g/mol. The molecule has 1 atom stereocenters. The first kappa shape index (κ1) is 23.9. The van der Waals surface area contributed by atoms with Gasteiger partial charge in [-0.1, -0.05) is 6.07 Å². The molecule has 0 aromatic heterocycles. The first-order valence-electron chi connectivity index (χ1n) is 9.03. The number of amides is 1. The second-order valence-corrected chi connectivity index (χ2v) is 6.36. The van der Waals surface area contributed by atoms with Crippen molar-refractivity contribution in [2.24, 2.45) is 10.2 Å². The fraction of sp³-hybridized carbons (Fsp3) is 0.190. The van der Waals surface area contributed by atoms with Gasteiger partial charge in [-0.2, -0.15) is 10.2 Å². The highest BCUT2D eigenvalue weighted by Gasteiger charge is 2.24. The van der Waals surface area contributed by atoms with Gasteiger partial charge in [-0.05, 0) is 43.3 Å². The highest BCUT2D eigenvalue weighted by molar-refractivity contribution is 6.10. The number of rotatable bonds is 8. The number of methoxy groups -OCH3 is 2. The molecule has 2 N–H and O–H groups in total. The van der Waals surface area contributed by atoms with E-state index in [1.165, 1.54) is 42.5 Å². The fourth-order valence-corrected chi connectivity index (χ4v) is 2.52. The number of hydrogen-bond acceptors (Lipinski definition) is 9. The lowest BCUT2D eigenvalue weighted by atomic mass is 10.1. The number of benzene rings is 2. The van der Waals surface area contributed by atoms with Crippen LogP contribution in [0.5, 0.6) is 0 Å². The number of esters is 2. The zero-order valence-corrected chi connectivity index (χ0v) is 17.3. The zero-order valence-electron chi connectivity index (χ0n) is 17.3. The first-order chi connectivity index (χ1) is 15.2. The van der Waals surface area contributed by atoms with Gasteiger partial charge < -0.3 is 19.9 Å². The lowest BCUT2D eigenvalue weighted by Gasteiger charge is -2.10. The van der Waals surface area contributed by atoms with Gasteiger partial charge in [0.05, 0.1) is 36.6 Å². The molecule has 1 unspecified atom stereocenters. The van der Waals surface area contributed by atoms with Gasteiger partial charge in [-0.15, -0.1) is 0 Å². The Balaban J connectivity index is 2.33. The van der Waals surface area contributed by atoms with Gasteiger partial charge >= 0.3 is 17.9 Å². The average Bonchev–Trinajstić information content (AvgIpc) is 2.77. The SMILES string of the molecule is COC(=O)c1cc(N=NC(C(C)=O)C(=O)Nc2cccc(C(=O)O)c2)cc(C(=O)OC)c1. The summed E-state index contributed by atoms with van der Waals surface area (Å²) in [6, 6.07) is 7.62. The number of ketones is 1. The summed E-state index contributed by atoms with van der Waals surface area (Å²) in [4.78, 5) is 59.3. The summed E-state index contributed by atoms with van der Waals surface area (Å²) in [7, 11) is 2.31. The van der Waals surface area contributed by atoms with Gasteiger partial charge in [-0.25, -0.2) is 14.4 Å². The van der Waals surface area contributed by atoms with Crippen LogP contribution in [0.3, 0.4) is 0 Å². The van der Waals surface area contributed by atoms with E-state index in [4.69, 9.17) is 5.11 Å². The second kappa shape index (κ2) is 10.6. The van der Waals surface area contributed by atoms with Crippen LogP contribution in [0.2, 0.25) is 0 Å². The second-order valence-electron chi connectivity index (χ2n) is 6.36. The van der Waals surface area contributed by atoms with Crippen LogP contribution in [0.1, 0.15) is 38.0 Å². The molecular formula is C21H19N3O8. The minimum Gasteiger partial charge on any atom is -0.478 e. The highest BCUT2D eigenvalue weighted by Crippen LogP contribution is 2.21. The van der Waals surface area contributed by atoms with E-state index in [1.54, 1.807) is 0 Å². The van der Waals surface area contributed by atoms with Crippen molar-refractivity contribution >= 4 is 41.0 Å². The highest BCUT2D eigenvalue weighted by atomic mass is 16.5. The van der Waals surface area contributed by atoms with Gasteiger partial charge in [0.15, 0.2) is 5.78 Å². The molecule has 0 aliphatic rings. The molecule has 11 nitrogen and oxygen atoms in total. The Morgan fingerprint density at radius 1 is 0.906 bits per heavy atom. The van der Waals surface area contributed by atoms with Crippen molar-refractivity contribution in [3.63, 3.8) is 0 Å². The normalized spacial score (nSPS) is 11.5. The standard InChI is InChI=1S/C21H19N3O8/c1-11(25)17(18(26)22-15-6-4-5-12(8-15)19(27)28)24-23-16-9-13(20(29)31-2)7-14(10-16)21(30)32-3/h4-10,17H,1-3H3,(H,22,26)(H,27,28). The Kier molecular flexibility index (Phi) is 7.88. The van der Waals surface area contributed by atoms with Crippen LogP contribution in [-0.2, 0) is 19.1 Å². The van der Waals surface area contributed by atoms with E-state index in [-0.39, 0.29) is 28.1 Å². The number of ether oxygens (including phenoxy) is 2. The van der Waals surface area contributed by atoms with Crippen LogP contribution in [0.15, 0.2) is 52.7 Å². The van der Waals surface area contributed by atoms with Crippen molar-refractivity contribution in [1.29, 1.82) is 0 Å². The molecule has 32 heavy (non-hydrogen) atoms. The van der Waals surface area contributed by atoms with Crippen LogP contribution in [0, 0.1) is 0 Å². The first-order valence-corrected chi connectivity index (χ1v) is 9.03. The Morgan fingerprint density at radius 2 is 1.50 bits per heavy atom. The van der Waals surface area contributed by atoms with E-state index >= 15 is 0 Å². The van der Waals surface area contributed by atoms with Crippen LogP contribution in [-0.4, -0.2) is 55.0 Å². The van der Waals surface area contributed by atoms with E-state index in [9.17, 15) is 24.0 Å². The maximum absolute atomic E-state index is 12.5. The summed E-state index contributed by atoms with van der Waals surface area (Å²) in [5.74, 6) is -4.16. The van der Waals surface area contributed by atoms with Gasteiger partial charge in [0.2, 0.25) is 6.04 Å². The maximum Gasteiger partial charge on any atom is 0.337 e. The minimum atomic E-state index is -1.56. The average molecular weight is 441 g/mol. The Morgan fingerprint density at radius 3 is 2.00 bits per heavy atom. The molecule has 0 saturated carbocycles. The molecule has 0 saturated heterocycles. The van der Waals surface area contributed by atoms with E-state index < -0.39 is 35.6 Å². The predicted octanol–water partition coefficient (Wildman–Crippen LogP) is 2.64. The predicted molar refractivity (Wildman–Crippen MR) is 110 cm³/mol. The van der Waals surface area contributed by atoms with Gasteiger partial charge in [0.25, 0.3) is 5.91 Å². The summed E-state index contributed by atoms with van der Waals surface area (Å²) in [5, 5.41) is 19.0. The van der Waals surface area contributed by atoms with Crippen LogP contribution in [0.4, 0.5) is 11.4 Å². The van der Waals surface area contributed by atoms with Crippen molar-refractivity contribution in [3.05, 3.63) is 59.2 Å². The van der Waals surface area contributed by atoms with Gasteiger partial charge in [0.1, 0.15) is 0 Å². The van der Waals surface area contributed by atoms with E-state index in [0.717, 1.165) is 21.1 Å². The van der Waals surface area contributed by atoms with Gasteiger partial charge in [0, 0.05) is 5.69 Å². The van der Waals surface area contributed by atoms with E-state index in [1.807, 2.05) is 0 Å². The third kappa shape index (κ3) is 6.05. The molecule has 11 heteroatoms. The van der Waals surface area contributed by atoms with Gasteiger partial charge in [-0.3, -0.25) is 9.59 Å². The largest absolute Gasteiger partial charge is 0.478 e. The molecule has 2 rings (SSSR count). The maximum atomic E-state index is 12.5. The summed E-state index contributed by atoms with van der Waals surface area (Å²) in [6.07, 6.45) is 0. The minimum absolute atomic E-state index is 0.000208. The number of nitrogens with zero attached hydrogens (tertiary/aromatic N) is 2. The summed E-state index contributed by atoms with van der Waals surface area (Å²) >= 11 is 0. The summed E-state index contributed by atoms with van der Waals surface area (Å²) in [6.45, 7) is 1.13. The van der Waals surface area contributed by atoms with Crippen LogP contribution in [0.25, 0.3) is 0 Å². The van der Waals surface area contributed by atoms with Crippen molar-refractivity contribution in [1.82, 2.24) is 0 Å². The Labute approximate surface area is 182 Å². The molecule has 0 spiro atoms. The molecule has 2 aromatic rings. The Bertz CT molecular complexity index is 1080. The lowest BCUT2D eigenvalue weighted by Crippen LogP contribution is -2.31. The molecule has 0 fully saturated rings. The number of carboxylic acids is 1. The number of Topliss-reactive ketones (excluding diaryl/α,β-unsaturated/α-hetero) is 1. The van der Waals surface area contributed by atoms with Crippen molar-refractivity contribution in [2.45, 2.75) is 13.0 Å². The number of carbonyl (C=O) groups is 5. The number of anilines is 1. The smallest absolute Gasteiger partial charge is 0.337 e. The molecule has 0 bridgehead atoms. The third-order valence-corrected chi connectivity index (χ3v) is 4.06. The van der Waals surface area contributed by atoms with Crippen molar-refractivity contribution in [3.8, 4) is 0 Å². The number of carboxylic acid groups (broad SMARTS) is 1. The molecule has 1 amide bonds. The van der Waals surface area contributed by atoms with Crippen molar-refractivity contribution < 1.29 is 38.6 Å². The molecule has 0 radical (unpaired) electrons. The summed E-state index contributed by atoms with van der Waals surface area (Å²) < 4.78 is 9.26. The molecule has 0 aliphatic carbocycles. The number of azo groups is 1. The quantitative estimate of drug-likeness (QED) is 0.359. The lowest BCUT2D eigenvalue weighted by molar-refractivity contribution is -0.126. The topological polar surface area (TPSA) is 161 Å². The molecule has 0 heterocycles. The van der Waals surface area contributed by atoms with E-state index in [0.29, 0.717) is 0 Å². The number of aromatic carboxylic acids is 1.